The molecule has 3 rings (SSSR count). The summed E-state index contributed by atoms with van der Waals surface area (Å²) in [5, 5.41) is 3.68. The summed E-state index contributed by atoms with van der Waals surface area (Å²) >= 11 is 5.82. The maximum Gasteiger partial charge on any atom is 0.224 e. The zero-order chi connectivity index (χ0) is 19.3. The Morgan fingerprint density at radius 2 is 1.81 bits per heavy atom. The fourth-order valence-corrected chi connectivity index (χ4v) is 4.24. The molecule has 1 fully saturated rings. The number of rotatable bonds is 8. The summed E-state index contributed by atoms with van der Waals surface area (Å²) in [6.07, 6.45) is 2.36. The molecule has 9 heteroatoms. The van der Waals surface area contributed by atoms with Crippen molar-refractivity contribution < 1.29 is 8.42 Å². The van der Waals surface area contributed by atoms with E-state index in [9.17, 15) is 8.42 Å². The molecule has 2 heterocycles. The maximum absolute atomic E-state index is 12.2. The lowest BCUT2D eigenvalue weighted by Gasteiger charge is -2.17. The minimum absolute atomic E-state index is 0.0791. The molecule has 0 atom stereocenters. The third-order valence-corrected chi connectivity index (χ3v) is 5.88. The van der Waals surface area contributed by atoms with E-state index in [-0.39, 0.29) is 12.3 Å². The summed E-state index contributed by atoms with van der Waals surface area (Å²) in [4.78, 5) is 11.2. The number of nitrogens with one attached hydrogen (secondary N) is 2. The second kappa shape index (κ2) is 8.86. The third kappa shape index (κ3) is 6.05. The number of benzene rings is 1. The number of sulfonamides is 1. The molecule has 0 unspecified atom stereocenters. The number of hydrogen-bond donors (Lipinski definition) is 2. The molecule has 27 heavy (non-hydrogen) atoms. The van der Waals surface area contributed by atoms with E-state index in [2.05, 4.69) is 24.9 Å². The summed E-state index contributed by atoms with van der Waals surface area (Å²) in [5.74, 6) is 1.36. The molecule has 0 bridgehead atoms. The highest BCUT2D eigenvalue weighted by atomic mass is 35.5. The standard InChI is InChI=1S/C18H24ClN5O2S/c1-14-12-17(24-10-2-3-11-24)23-18(22-14)20-8-9-21-27(25,26)13-15-4-6-16(19)7-5-15/h4-7,12,21H,2-3,8-11,13H2,1H3,(H,20,22,23). The maximum atomic E-state index is 12.2. The molecule has 1 aromatic heterocycles. The van der Waals surface area contributed by atoms with E-state index in [0.29, 0.717) is 23.1 Å². The molecule has 0 spiro atoms. The molecule has 1 saturated heterocycles. The second-order valence-electron chi connectivity index (χ2n) is 6.59. The molecule has 7 nitrogen and oxygen atoms in total. The molecule has 1 aliphatic heterocycles. The van der Waals surface area contributed by atoms with Crippen LogP contribution in [0, 0.1) is 6.92 Å². The summed E-state index contributed by atoms with van der Waals surface area (Å²) in [5.41, 5.74) is 1.58. The van der Waals surface area contributed by atoms with Gasteiger partial charge in [-0.25, -0.2) is 18.1 Å². The molecule has 1 aromatic carbocycles. The van der Waals surface area contributed by atoms with Crippen LogP contribution in [0.15, 0.2) is 30.3 Å². The Balaban J connectivity index is 1.50. The molecule has 2 N–H and O–H groups in total. The van der Waals surface area contributed by atoms with Gasteiger partial charge in [-0.2, -0.15) is 4.98 Å². The molecule has 0 saturated carbocycles. The lowest BCUT2D eigenvalue weighted by molar-refractivity contribution is 0.582. The zero-order valence-corrected chi connectivity index (χ0v) is 16.9. The van der Waals surface area contributed by atoms with Crippen LogP contribution >= 0.6 is 11.6 Å². The highest BCUT2D eigenvalue weighted by molar-refractivity contribution is 7.88. The lowest BCUT2D eigenvalue weighted by atomic mass is 10.2. The van der Waals surface area contributed by atoms with Gasteiger partial charge in [-0.3, -0.25) is 0 Å². The Kier molecular flexibility index (Phi) is 6.51. The van der Waals surface area contributed by atoms with Crippen molar-refractivity contribution in [1.82, 2.24) is 14.7 Å². The average Bonchev–Trinajstić information content (AvgIpc) is 3.15. The Morgan fingerprint density at radius 1 is 1.11 bits per heavy atom. The predicted molar refractivity (Wildman–Crippen MR) is 109 cm³/mol. The quantitative estimate of drug-likeness (QED) is 0.651. The van der Waals surface area contributed by atoms with Crippen molar-refractivity contribution in [2.24, 2.45) is 0 Å². The van der Waals surface area contributed by atoms with E-state index >= 15 is 0 Å². The monoisotopic (exact) mass is 409 g/mol. The fourth-order valence-electron chi connectivity index (χ4n) is 2.97. The number of anilines is 2. The highest BCUT2D eigenvalue weighted by Crippen LogP contribution is 2.19. The lowest BCUT2D eigenvalue weighted by Crippen LogP contribution is -2.30. The van der Waals surface area contributed by atoms with E-state index in [1.807, 2.05) is 13.0 Å². The van der Waals surface area contributed by atoms with E-state index in [1.54, 1.807) is 24.3 Å². The van der Waals surface area contributed by atoms with Crippen LogP contribution in [0.1, 0.15) is 24.1 Å². The van der Waals surface area contributed by atoms with Crippen molar-refractivity contribution in [3.8, 4) is 0 Å². The zero-order valence-electron chi connectivity index (χ0n) is 15.3. The van der Waals surface area contributed by atoms with Crippen LogP contribution in [0.25, 0.3) is 0 Å². The minimum atomic E-state index is -3.41. The van der Waals surface area contributed by atoms with Crippen LogP contribution in [0.5, 0.6) is 0 Å². The average molecular weight is 410 g/mol. The van der Waals surface area contributed by atoms with E-state index in [4.69, 9.17) is 11.6 Å². The van der Waals surface area contributed by atoms with Crippen molar-refractivity contribution in [1.29, 1.82) is 0 Å². The van der Waals surface area contributed by atoms with Crippen LogP contribution in [-0.4, -0.2) is 44.6 Å². The summed E-state index contributed by atoms with van der Waals surface area (Å²) < 4.78 is 26.9. The van der Waals surface area contributed by atoms with Gasteiger partial charge in [0.1, 0.15) is 5.82 Å². The number of aryl methyl sites for hydroxylation is 1. The highest BCUT2D eigenvalue weighted by Gasteiger charge is 2.15. The second-order valence-corrected chi connectivity index (χ2v) is 8.84. The van der Waals surface area contributed by atoms with Crippen molar-refractivity contribution in [3.63, 3.8) is 0 Å². The van der Waals surface area contributed by atoms with Crippen molar-refractivity contribution in [2.75, 3.05) is 36.4 Å². The van der Waals surface area contributed by atoms with Crippen LogP contribution in [0.3, 0.4) is 0 Å². The van der Waals surface area contributed by atoms with Crippen molar-refractivity contribution >= 4 is 33.4 Å². The van der Waals surface area contributed by atoms with Crippen molar-refractivity contribution in [3.05, 3.63) is 46.6 Å². The van der Waals surface area contributed by atoms with Crippen LogP contribution in [0.2, 0.25) is 5.02 Å². The van der Waals surface area contributed by atoms with Crippen LogP contribution in [0.4, 0.5) is 11.8 Å². The first-order chi connectivity index (χ1) is 12.9. The number of halogens is 1. The first-order valence-corrected chi connectivity index (χ1v) is 11.0. The van der Waals surface area contributed by atoms with E-state index < -0.39 is 10.0 Å². The van der Waals surface area contributed by atoms with Gasteiger partial charge in [0.2, 0.25) is 16.0 Å². The van der Waals surface area contributed by atoms with Crippen molar-refractivity contribution in [2.45, 2.75) is 25.5 Å². The predicted octanol–water partition coefficient (Wildman–Crippen LogP) is 2.57. The molecule has 0 radical (unpaired) electrons. The normalized spacial score (nSPS) is 14.5. The van der Waals surface area contributed by atoms with E-state index in [0.717, 1.165) is 24.6 Å². The van der Waals surface area contributed by atoms with Gasteiger partial charge in [0.05, 0.1) is 5.75 Å². The van der Waals surface area contributed by atoms with Gasteiger partial charge in [0.15, 0.2) is 0 Å². The molecular weight excluding hydrogens is 386 g/mol. The SMILES string of the molecule is Cc1cc(N2CCCC2)nc(NCCNS(=O)(=O)Cc2ccc(Cl)cc2)n1. The Labute approximate surface area is 165 Å². The topological polar surface area (TPSA) is 87.2 Å². The first-order valence-electron chi connectivity index (χ1n) is 8.97. The minimum Gasteiger partial charge on any atom is -0.356 e. The van der Waals surface area contributed by atoms with Crippen LogP contribution < -0.4 is 14.9 Å². The molecular formula is C18H24ClN5O2S. The van der Waals surface area contributed by atoms with Gasteiger partial charge in [0.25, 0.3) is 0 Å². The first kappa shape index (κ1) is 19.9. The fraction of sp³-hybridized carbons (Fsp3) is 0.444. The van der Waals surface area contributed by atoms with Crippen LogP contribution in [-0.2, 0) is 15.8 Å². The Morgan fingerprint density at radius 3 is 2.52 bits per heavy atom. The largest absolute Gasteiger partial charge is 0.356 e. The number of aromatic nitrogens is 2. The molecule has 1 aliphatic rings. The Bertz CT molecular complexity index is 868. The summed E-state index contributed by atoms with van der Waals surface area (Å²) in [6, 6.07) is 8.76. The molecule has 146 valence electrons. The summed E-state index contributed by atoms with van der Waals surface area (Å²) in [6.45, 7) is 4.62. The third-order valence-electron chi connectivity index (χ3n) is 4.27. The molecule has 0 aliphatic carbocycles. The number of nitrogens with zero attached hydrogens (tertiary/aromatic N) is 3. The van der Waals surface area contributed by atoms with Gasteiger partial charge in [-0.05, 0) is 37.5 Å². The van der Waals surface area contributed by atoms with Gasteiger partial charge in [-0.1, -0.05) is 23.7 Å². The van der Waals surface area contributed by atoms with Gasteiger partial charge >= 0.3 is 0 Å². The smallest absolute Gasteiger partial charge is 0.224 e. The van der Waals surface area contributed by atoms with Gasteiger partial charge in [0, 0.05) is 43.0 Å². The summed E-state index contributed by atoms with van der Waals surface area (Å²) in [7, 11) is -3.41. The van der Waals surface area contributed by atoms with E-state index in [1.165, 1.54) is 12.8 Å². The molecule has 0 amide bonds. The number of hydrogen-bond acceptors (Lipinski definition) is 6. The molecule has 2 aromatic rings. The Hall–Kier alpha value is -1.90. The van der Waals surface area contributed by atoms with Gasteiger partial charge in [-0.15, -0.1) is 0 Å². The van der Waals surface area contributed by atoms with Gasteiger partial charge < -0.3 is 10.2 Å².